The number of carboxylic acids is 2. The van der Waals surface area contributed by atoms with Crippen molar-refractivity contribution < 1.29 is 24.9 Å². The second kappa shape index (κ2) is 19.5. The van der Waals surface area contributed by atoms with Gasteiger partial charge in [-0.1, -0.05) is 150 Å². The van der Waals surface area contributed by atoms with Crippen LogP contribution >= 0.6 is 0 Å². The molecule has 0 radical (unpaired) electrons. The van der Waals surface area contributed by atoms with Crippen LogP contribution < -0.4 is 0 Å². The highest BCUT2D eigenvalue weighted by molar-refractivity contribution is 5.91. The third kappa shape index (κ3) is 14.5. The van der Waals surface area contributed by atoms with Gasteiger partial charge >= 0.3 is 11.9 Å². The summed E-state index contributed by atoms with van der Waals surface area (Å²) >= 11 is 0. The Bertz CT molecular complexity index is 1090. The van der Waals surface area contributed by atoms with Gasteiger partial charge in [-0.2, -0.15) is 0 Å². The average Bonchev–Trinajstić information content (AvgIpc) is 2.92. The molecule has 0 bridgehead atoms. The van der Waals surface area contributed by atoms with Gasteiger partial charge in [-0.25, -0.2) is 9.59 Å². The van der Waals surface area contributed by atoms with Crippen molar-refractivity contribution in [3.05, 3.63) is 64.2 Å². The summed E-state index contributed by atoms with van der Waals surface area (Å²) in [6.07, 6.45) is 19.0. The third-order valence-corrected chi connectivity index (χ3v) is 8.00. The summed E-state index contributed by atoms with van der Waals surface area (Å²) in [4.78, 5) is 22.4. The van der Waals surface area contributed by atoms with E-state index in [1.807, 2.05) is 20.8 Å². The summed E-state index contributed by atoms with van der Waals surface area (Å²) in [6.45, 7) is 14.5. The quantitative estimate of drug-likeness (QED) is 0.158. The number of carbonyl (C=O) groups is 2. The fourth-order valence-corrected chi connectivity index (χ4v) is 5.62. The van der Waals surface area contributed by atoms with Crippen LogP contribution in [-0.4, -0.2) is 27.3 Å². The molecule has 0 spiro atoms. The number of unbranched alkanes of at least 4 members (excludes halogenated alkanes) is 13. The Morgan fingerprint density at radius 1 is 0.628 bits per heavy atom. The van der Waals surface area contributed by atoms with Gasteiger partial charge in [-0.3, -0.25) is 0 Å². The molecular formula is C38H60O5. The summed E-state index contributed by atoms with van der Waals surface area (Å²) in [6, 6.07) is 10.0. The molecule has 0 heterocycles. The Balaban J connectivity index is 0.000000869. The first-order valence-electron chi connectivity index (χ1n) is 16.6. The first-order chi connectivity index (χ1) is 20.2. The Hall–Kier alpha value is -2.82. The first-order valence-corrected chi connectivity index (χ1v) is 16.6. The van der Waals surface area contributed by atoms with Crippen LogP contribution in [0.15, 0.2) is 36.4 Å². The van der Waals surface area contributed by atoms with Crippen LogP contribution in [0, 0.1) is 0 Å². The van der Waals surface area contributed by atoms with Crippen LogP contribution in [0.4, 0.5) is 0 Å². The zero-order valence-electron chi connectivity index (χ0n) is 28.2. The molecule has 0 fully saturated rings. The minimum absolute atomic E-state index is 0.283. The zero-order chi connectivity index (χ0) is 32.5. The number of hydrogen-bond acceptors (Lipinski definition) is 3. The lowest BCUT2D eigenvalue weighted by Crippen LogP contribution is -2.22. The molecule has 3 N–H and O–H groups in total. The number of benzene rings is 2. The number of phenols is 1. The second-order valence-corrected chi connectivity index (χ2v) is 14.0. The smallest absolute Gasteiger partial charge is 0.335 e. The van der Waals surface area contributed by atoms with Crippen LogP contribution in [0.3, 0.4) is 0 Å². The van der Waals surface area contributed by atoms with E-state index in [1.165, 1.54) is 77.0 Å². The maximum absolute atomic E-state index is 12.2. The molecule has 0 unspecified atom stereocenters. The SMILES string of the molecule is CCCCCCCCCCCCCCCCc1c(C(=O)O)cc(C(C)(C)C)c(O)c1C(C)(C)C.O=C(O)c1ccccc1. The van der Waals surface area contributed by atoms with E-state index in [4.69, 9.17) is 5.11 Å². The van der Waals surface area contributed by atoms with E-state index in [9.17, 15) is 19.8 Å². The largest absolute Gasteiger partial charge is 0.507 e. The van der Waals surface area contributed by atoms with E-state index >= 15 is 0 Å². The highest BCUT2D eigenvalue weighted by atomic mass is 16.4. The molecule has 5 heteroatoms. The van der Waals surface area contributed by atoms with Crippen molar-refractivity contribution >= 4 is 11.9 Å². The molecule has 0 saturated heterocycles. The summed E-state index contributed by atoms with van der Waals surface area (Å²) in [5, 5.41) is 29.5. The Kier molecular flexibility index (Phi) is 17.3. The molecule has 2 rings (SSSR count). The van der Waals surface area contributed by atoms with Gasteiger partial charge in [0, 0.05) is 11.1 Å². The molecule has 5 nitrogen and oxygen atoms in total. The third-order valence-electron chi connectivity index (χ3n) is 8.00. The fraction of sp³-hybridized carbons (Fsp3) is 0.632. The average molecular weight is 597 g/mol. The Morgan fingerprint density at radius 2 is 1.07 bits per heavy atom. The molecule has 2 aromatic rings. The molecular weight excluding hydrogens is 536 g/mol. The molecule has 0 saturated carbocycles. The molecule has 0 aliphatic rings. The van der Waals surface area contributed by atoms with E-state index in [0.717, 1.165) is 29.5 Å². The van der Waals surface area contributed by atoms with Gasteiger partial charge in [-0.15, -0.1) is 0 Å². The lowest BCUT2D eigenvalue weighted by Gasteiger charge is -2.30. The molecule has 43 heavy (non-hydrogen) atoms. The van der Waals surface area contributed by atoms with Crippen molar-refractivity contribution in [3.63, 3.8) is 0 Å². The second-order valence-electron chi connectivity index (χ2n) is 14.0. The van der Waals surface area contributed by atoms with Gasteiger partial charge in [0.2, 0.25) is 0 Å². The monoisotopic (exact) mass is 596 g/mol. The molecule has 0 aliphatic heterocycles. The van der Waals surface area contributed by atoms with Crippen LogP contribution in [0.1, 0.15) is 176 Å². The van der Waals surface area contributed by atoms with E-state index in [2.05, 4.69) is 27.7 Å². The number of aromatic hydroxyl groups is 1. The van der Waals surface area contributed by atoms with E-state index in [0.29, 0.717) is 17.5 Å². The fourth-order valence-electron chi connectivity index (χ4n) is 5.62. The predicted octanol–water partition coefficient (Wildman–Crippen LogP) is 11.1. The first kappa shape index (κ1) is 38.2. The summed E-state index contributed by atoms with van der Waals surface area (Å²) in [5.41, 5.74) is 2.42. The normalized spacial score (nSPS) is 11.6. The Labute approximate surface area is 262 Å². The molecule has 2 aromatic carbocycles. The van der Waals surface area contributed by atoms with Crippen molar-refractivity contribution in [3.8, 4) is 5.75 Å². The maximum Gasteiger partial charge on any atom is 0.335 e. The number of carboxylic acid groups (broad SMARTS) is 2. The summed E-state index contributed by atoms with van der Waals surface area (Å²) in [5.74, 6) is -1.49. The van der Waals surface area contributed by atoms with Crippen LogP contribution in [0.5, 0.6) is 5.75 Å². The highest BCUT2D eigenvalue weighted by Gasteiger charge is 2.31. The van der Waals surface area contributed by atoms with E-state index in [-0.39, 0.29) is 16.6 Å². The van der Waals surface area contributed by atoms with Gasteiger partial charge in [0.05, 0.1) is 11.1 Å². The van der Waals surface area contributed by atoms with Gasteiger partial charge in [0.1, 0.15) is 5.75 Å². The predicted molar refractivity (Wildman–Crippen MR) is 180 cm³/mol. The highest BCUT2D eigenvalue weighted by Crippen LogP contribution is 2.43. The lowest BCUT2D eigenvalue weighted by atomic mass is 9.74. The molecule has 0 aliphatic carbocycles. The number of rotatable bonds is 17. The maximum atomic E-state index is 12.2. The van der Waals surface area contributed by atoms with Crippen molar-refractivity contribution in [1.82, 2.24) is 0 Å². The van der Waals surface area contributed by atoms with Crippen LogP contribution in [-0.2, 0) is 17.3 Å². The van der Waals surface area contributed by atoms with Gasteiger partial charge in [0.25, 0.3) is 0 Å². The van der Waals surface area contributed by atoms with Gasteiger partial charge < -0.3 is 15.3 Å². The van der Waals surface area contributed by atoms with E-state index in [1.54, 1.807) is 36.4 Å². The zero-order valence-corrected chi connectivity index (χ0v) is 28.2. The molecule has 0 atom stereocenters. The standard InChI is InChI=1S/C31H54O3.C7H6O2/c1-8-9-10-11-12-13-14-15-16-17-18-19-20-21-22-24-25(29(33)34)23-26(30(2,3)4)28(32)27(24)31(5,6)7;8-7(9)6-4-2-1-3-5-6/h23,32H,8-22H2,1-7H3,(H,33,34);1-5H,(H,8,9). The van der Waals surface area contributed by atoms with Crippen LogP contribution in [0.25, 0.3) is 0 Å². The number of phenolic OH excluding ortho intramolecular Hbond substituents is 1. The van der Waals surface area contributed by atoms with Crippen molar-refractivity contribution in [1.29, 1.82) is 0 Å². The summed E-state index contributed by atoms with van der Waals surface area (Å²) < 4.78 is 0. The minimum Gasteiger partial charge on any atom is -0.507 e. The van der Waals surface area contributed by atoms with Crippen LogP contribution in [0.2, 0.25) is 0 Å². The number of hydrogen-bond donors (Lipinski definition) is 3. The molecule has 242 valence electrons. The van der Waals surface area contributed by atoms with Gasteiger partial charge in [0.15, 0.2) is 0 Å². The minimum atomic E-state index is -0.892. The number of aromatic carboxylic acids is 2. The molecule has 0 amide bonds. The molecule has 0 aromatic heterocycles. The Morgan fingerprint density at radius 3 is 1.42 bits per heavy atom. The topological polar surface area (TPSA) is 94.8 Å². The van der Waals surface area contributed by atoms with E-state index < -0.39 is 11.9 Å². The van der Waals surface area contributed by atoms with Crippen molar-refractivity contribution in [2.24, 2.45) is 0 Å². The van der Waals surface area contributed by atoms with Crippen molar-refractivity contribution in [2.75, 3.05) is 0 Å². The van der Waals surface area contributed by atoms with Gasteiger partial charge in [-0.05, 0) is 47.4 Å². The summed E-state index contributed by atoms with van der Waals surface area (Å²) in [7, 11) is 0. The van der Waals surface area contributed by atoms with Crippen molar-refractivity contribution in [2.45, 2.75) is 156 Å². The lowest BCUT2D eigenvalue weighted by molar-refractivity contribution is 0.0685.